The third-order valence-corrected chi connectivity index (χ3v) is 7.12. The Hall–Kier alpha value is -3.63. The van der Waals surface area contributed by atoms with Gasteiger partial charge in [0, 0.05) is 37.4 Å². The lowest BCUT2D eigenvalue weighted by molar-refractivity contribution is -0.127. The van der Waals surface area contributed by atoms with E-state index in [0.29, 0.717) is 42.8 Å². The van der Waals surface area contributed by atoms with E-state index in [9.17, 15) is 4.79 Å². The number of morpholine rings is 1. The Labute approximate surface area is 222 Å². The number of carbonyl (C=O) groups is 1. The van der Waals surface area contributed by atoms with E-state index in [4.69, 9.17) is 18.7 Å². The van der Waals surface area contributed by atoms with Gasteiger partial charge in [0.05, 0.1) is 39.9 Å². The Kier molecular flexibility index (Phi) is 8.40. The van der Waals surface area contributed by atoms with E-state index in [2.05, 4.69) is 49.5 Å². The standard InChI is InChI=1S/C28H35N5O5/c1-35-24-10-7-21(16-25(24)36-2)27-30-26(38-31-27)19-32-11-3-4-22(18-32)28(34)29-17-20-5-8-23(9-6-20)33-12-14-37-15-13-33/h5-10,16,22H,3-4,11-15,17-19H2,1-2H3,(H,29,34). The van der Waals surface area contributed by atoms with Gasteiger partial charge in [0.2, 0.25) is 17.6 Å². The molecule has 0 aliphatic carbocycles. The fraction of sp³-hybridized carbons (Fsp3) is 0.464. The SMILES string of the molecule is COc1ccc(-c2noc(CN3CCCC(C(=O)NCc4ccc(N5CCOCC5)cc4)C3)n2)cc1OC. The van der Waals surface area contributed by atoms with E-state index in [1.165, 1.54) is 5.69 Å². The quantitative estimate of drug-likeness (QED) is 0.455. The second-order valence-corrected chi connectivity index (χ2v) is 9.64. The summed E-state index contributed by atoms with van der Waals surface area (Å²) in [6.45, 7) is 5.94. The number of carbonyl (C=O) groups excluding carboxylic acids is 1. The van der Waals surface area contributed by atoms with Gasteiger partial charge in [0.25, 0.3) is 0 Å². The third kappa shape index (κ3) is 6.25. The van der Waals surface area contributed by atoms with Gasteiger partial charge in [0.1, 0.15) is 0 Å². The number of hydrogen-bond donors (Lipinski definition) is 1. The van der Waals surface area contributed by atoms with Gasteiger partial charge in [-0.05, 0) is 55.3 Å². The molecule has 10 heteroatoms. The Morgan fingerprint density at radius 1 is 1.05 bits per heavy atom. The fourth-order valence-corrected chi connectivity index (χ4v) is 5.00. The summed E-state index contributed by atoms with van der Waals surface area (Å²) in [5.41, 5.74) is 3.07. The van der Waals surface area contributed by atoms with Gasteiger partial charge in [-0.15, -0.1) is 0 Å². The van der Waals surface area contributed by atoms with Crippen molar-refractivity contribution < 1.29 is 23.5 Å². The number of piperidine rings is 1. The Bertz CT molecular complexity index is 1210. The van der Waals surface area contributed by atoms with Crippen LogP contribution in [0.1, 0.15) is 24.3 Å². The molecular weight excluding hydrogens is 486 g/mol. The number of anilines is 1. The van der Waals surface area contributed by atoms with E-state index in [1.807, 2.05) is 18.2 Å². The normalized spacial score (nSPS) is 18.3. The van der Waals surface area contributed by atoms with Gasteiger partial charge < -0.3 is 29.0 Å². The maximum absolute atomic E-state index is 13.0. The van der Waals surface area contributed by atoms with Crippen molar-refractivity contribution in [1.82, 2.24) is 20.4 Å². The number of benzene rings is 2. The van der Waals surface area contributed by atoms with E-state index in [1.54, 1.807) is 14.2 Å². The first-order valence-electron chi connectivity index (χ1n) is 13.1. The number of aromatic nitrogens is 2. The average molecular weight is 522 g/mol. The molecule has 2 fully saturated rings. The number of rotatable bonds is 9. The van der Waals surface area contributed by atoms with Crippen molar-refractivity contribution in [2.75, 3.05) is 58.5 Å². The molecule has 0 radical (unpaired) electrons. The summed E-state index contributed by atoms with van der Waals surface area (Å²) in [5.74, 6) is 2.29. The van der Waals surface area contributed by atoms with Crippen molar-refractivity contribution >= 4 is 11.6 Å². The minimum atomic E-state index is -0.0652. The van der Waals surface area contributed by atoms with Gasteiger partial charge >= 0.3 is 0 Å². The van der Waals surface area contributed by atoms with Crippen molar-refractivity contribution in [2.45, 2.75) is 25.9 Å². The Morgan fingerprint density at radius 3 is 2.61 bits per heavy atom. The number of hydrogen-bond acceptors (Lipinski definition) is 9. The van der Waals surface area contributed by atoms with Gasteiger partial charge in [-0.1, -0.05) is 17.3 Å². The van der Waals surface area contributed by atoms with Gasteiger partial charge in [0.15, 0.2) is 11.5 Å². The van der Waals surface area contributed by atoms with Crippen LogP contribution in [0.4, 0.5) is 5.69 Å². The molecule has 3 aromatic rings. The van der Waals surface area contributed by atoms with Gasteiger partial charge in [-0.25, -0.2) is 0 Å². The van der Waals surface area contributed by atoms with Crippen LogP contribution in [0.3, 0.4) is 0 Å². The molecule has 10 nitrogen and oxygen atoms in total. The van der Waals surface area contributed by atoms with Crippen LogP contribution in [0, 0.1) is 5.92 Å². The predicted molar refractivity (Wildman–Crippen MR) is 142 cm³/mol. The van der Waals surface area contributed by atoms with Gasteiger partial charge in [-0.3, -0.25) is 9.69 Å². The zero-order valence-electron chi connectivity index (χ0n) is 22.0. The molecule has 0 saturated carbocycles. The Morgan fingerprint density at radius 2 is 1.84 bits per heavy atom. The molecule has 1 aromatic heterocycles. The molecule has 38 heavy (non-hydrogen) atoms. The largest absolute Gasteiger partial charge is 0.493 e. The molecule has 0 bridgehead atoms. The van der Waals surface area contributed by atoms with E-state index in [-0.39, 0.29) is 11.8 Å². The summed E-state index contributed by atoms with van der Waals surface area (Å²) in [5, 5.41) is 7.26. The highest BCUT2D eigenvalue weighted by molar-refractivity contribution is 5.79. The van der Waals surface area contributed by atoms with Crippen molar-refractivity contribution in [3.63, 3.8) is 0 Å². The monoisotopic (exact) mass is 521 g/mol. The zero-order chi connectivity index (χ0) is 26.3. The van der Waals surface area contributed by atoms with Crippen molar-refractivity contribution in [2.24, 2.45) is 5.92 Å². The van der Waals surface area contributed by atoms with Crippen LogP contribution in [-0.4, -0.2) is 74.6 Å². The molecule has 0 spiro atoms. The van der Waals surface area contributed by atoms with E-state index >= 15 is 0 Å². The summed E-state index contributed by atoms with van der Waals surface area (Å²) >= 11 is 0. The molecule has 1 amide bonds. The molecule has 3 heterocycles. The second-order valence-electron chi connectivity index (χ2n) is 9.64. The first-order valence-corrected chi connectivity index (χ1v) is 13.1. The fourth-order valence-electron chi connectivity index (χ4n) is 5.00. The molecule has 1 N–H and O–H groups in total. The van der Waals surface area contributed by atoms with Gasteiger partial charge in [-0.2, -0.15) is 4.98 Å². The molecule has 2 aromatic carbocycles. The van der Waals surface area contributed by atoms with Crippen molar-refractivity contribution in [3.05, 3.63) is 53.9 Å². The number of methoxy groups -OCH3 is 2. The highest BCUT2D eigenvalue weighted by atomic mass is 16.5. The summed E-state index contributed by atoms with van der Waals surface area (Å²) in [6.07, 6.45) is 1.82. The minimum absolute atomic E-state index is 0.0652. The summed E-state index contributed by atoms with van der Waals surface area (Å²) in [4.78, 5) is 22.0. The van der Waals surface area contributed by atoms with Crippen LogP contribution in [0.25, 0.3) is 11.4 Å². The van der Waals surface area contributed by atoms with Crippen LogP contribution >= 0.6 is 0 Å². The lowest BCUT2D eigenvalue weighted by atomic mass is 9.97. The minimum Gasteiger partial charge on any atom is -0.493 e. The molecule has 2 aliphatic heterocycles. The highest BCUT2D eigenvalue weighted by Gasteiger charge is 2.27. The van der Waals surface area contributed by atoms with E-state index in [0.717, 1.165) is 56.8 Å². The second kappa shape index (κ2) is 12.3. The number of ether oxygens (including phenoxy) is 3. The third-order valence-electron chi connectivity index (χ3n) is 7.12. The maximum atomic E-state index is 13.0. The van der Waals surface area contributed by atoms with Crippen LogP contribution in [0.5, 0.6) is 11.5 Å². The maximum Gasteiger partial charge on any atom is 0.241 e. The first kappa shape index (κ1) is 26.0. The number of nitrogens with zero attached hydrogens (tertiary/aromatic N) is 4. The molecule has 1 atom stereocenters. The van der Waals surface area contributed by atoms with Crippen molar-refractivity contribution in [1.29, 1.82) is 0 Å². The van der Waals surface area contributed by atoms with Crippen LogP contribution in [0.15, 0.2) is 47.0 Å². The summed E-state index contributed by atoms with van der Waals surface area (Å²) in [7, 11) is 3.19. The summed E-state index contributed by atoms with van der Waals surface area (Å²) < 4.78 is 21.6. The number of likely N-dealkylation sites (tertiary alicyclic amines) is 1. The topological polar surface area (TPSA) is 102 Å². The highest BCUT2D eigenvalue weighted by Crippen LogP contribution is 2.31. The number of nitrogens with one attached hydrogen (secondary N) is 1. The lowest BCUT2D eigenvalue weighted by Gasteiger charge is -2.31. The number of amides is 1. The predicted octanol–water partition coefficient (Wildman–Crippen LogP) is 3.12. The van der Waals surface area contributed by atoms with Crippen LogP contribution in [-0.2, 0) is 22.6 Å². The van der Waals surface area contributed by atoms with Crippen LogP contribution in [0.2, 0.25) is 0 Å². The molecule has 202 valence electrons. The molecule has 1 unspecified atom stereocenters. The molecular formula is C28H35N5O5. The zero-order valence-corrected chi connectivity index (χ0v) is 22.0. The Balaban J connectivity index is 1.12. The molecule has 5 rings (SSSR count). The lowest BCUT2D eigenvalue weighted by Crippen LogP contribution is -2.42. The average Bonchev–Trinajstić information content (AvgIpc) is 3.44. The molecule has 2 aliphatic rings. The molecule has 2 saturated heterocycles. The van der Waals surface area contributed by atoms with Crippen LogP contribution < -0.4 is 19.7 Å². The van der Waals surface area contributed by atoms with E-state index < -0.39 is 0 Å². The first-order chi connectivity index (χ1) is 18.6. The smallest absolute Gasteiger partial charge is 0.241 e. The van der Waals surface area contributed by atoms with Crippen molar-refractivity contribution in [3.8, 4) is 22.9 Å². The summed E-state index contributed by atoms with van der Waals surface area (Å²) in [6, 6.07) is 13.9.